The highest BCUT2D eigenvalue weighted by atomic mass is 15.3. The fraction of sp³-hybridized carbons (Fsp3) is 0.846. The molecule has 0 aromatic carbocycles. The fourth-order valence-electron chi connectivity index (χ4n) is 1.92. The molecule has 0 atom stereocenters. The Labute approximate surface area is 94.7 Å². The van der Waals surface area contributed by atoms with Crippen LogP contribution in [-0.4, -0.2) is 35.6 Å². The maximum atomic E-state index is 3.60. The maximum Gasteiger partial charge on any atom is 0.0281 e. The predicted molar refractivity (Wildman–Crippen MR) is 67.2 cm³/mol. The Bertz CT molecular complexity index is 247. The van der Waals surface area contributed by atoms with E-state index in [1.165, 1.54) is 5.57 Å². The molecule has 0 bridgehead atoms. The van der Waals surface area contributed by atoms with Crippen LogP contribution in [0.1, 0.15) is 41.5 Å². The lowest BCUT2D eigenvalue weighted by atomic mass is 9.91. The third kappa shape index (κ3) is 3.62. The van der Waals surface area contributed by atoms with Gasteiger partial charge in [-0.15, -0.1) is 0 Å². The van der Waals surface area contributed by atoms with Crippen LogP contribution in [0.5, 0.6) is 0 Å². The molecule has 15 heavy (non-hydrogen) atoms. The molecule has 0 aromatic heterocycles. The summed E-state index contributed by atoms with van der Waals surface area (Å²) in [6.07, 6.45) is 2.32. The Morgan fingerprint density at radius 2 is 1.87 bits per heavy atom. The number of allylic oxidation sites excluding steroid dienone is 1. The van der Waals surface area contributed by atoms with Gasteiger partial charge in [-0.25, -0.2) is 0 Å². The van der Waals surface area contributed by atoms with Crippen molar-refractivity contribution in [3.63, 3.8) is 0 Å². The van der Waals surface area contributed by atoms with Crippen LogP contribution < -0.4 is 5.32 Å². The summed E-state index contributed by atoms with van der Waals surface area (Å²) in [5.74, 6) is 0. The van der Waals surface area contributed by atoms with E-state index in [0.29, 0.717) is 0 Å². The Balaban J connectivity index is 2.69. The second kappa shape index (κ2) is 4.26. The summed E-state index contributed by atoms with van der Waals surface area (Å²) in [7, 11) is 0. The van der Waals surface area contributed by atoms with Crippen LogP contribution in [0.15, 0.2) is 11.6 Å². The standard InChI is InChI=1S/C13H26N2/c1-11(2)7-8-15-10-12(3,4)14-9-13(15,5)6/h7,14H,8-10H2,1-6H3. The first-order valence-corrected chi connectivity index (χ1v) is 5.86. The minimum Gasteiger partial charge on any atom is -0.309 e. The molecule has 88 valence electrons. The van der Waals surface area contributed by atoms with Gasteiger partial charge in [0.1, 0.15) is 0 Å². The van der Waals surface area contributed by atoms with E-state index in [4.69, 9.17) is 0 Å². The summed E-state index contributed by atoms with van der Waals surface area (Å²) in [5, 5.41) is 3.60. The molecular formula is C13H26N2. The van der Waals surface area contributed by atoms with Crippen molar-refractivity contribution in [2.24, 2.45) is 0 Å². The normalized spacial score (nSPS) is 24.9. The predicted octanol–water partition coefficient (Wildman–Crippen LogP) is 2.42. The molecule has 0 amide bonds. The highest BCUT2D eigenvalue weighted by molar-refractivity contribution is 5.02. The van der Waals surface area contributed by atoms with Gasteiger partial charge in [-0.3, -0.25) is 4.90 Å². The summed E-state index contributed by atoms with van der Waals surface area (Å²) in [6.45, 7) is 16.8. The minimum atomic E-state index is 0.241. The summed E-state index contributed by atoms with van der Waals surface area (Å²) in [6, 6.07) is 0. The molecule has 1 fully saturated rings. The lowest BCUT2D eigenvalue weighted by Gasteiger charge is -2.49. The van der Waals surface area contributed by atoms with Gasteiger partial charge in [-0.1, -0.05) is 11.6 Å². The number of nitrogens with zero attached hydrogens (tertiary/aromatic N) is 1. The van der Waals surface area contributed by atoms with E-state index in [1.807, 2.05) is 0 Å². The molecule has 0 radical (unpaired) electrons. The first-order chi connectivity index (χ1) is 6.73. The monoisotopic (exact) mass is 210 g/mol. The average molecular weight is 210 g/mol. The Morgan fingerprint density at radius 1 is 1.27 bits per heavy atom. The topological polar surface area (TPSA) is 15.3 Å². The number of nitrogens with one attached hydrogen (secondary N) is 1. The zero-order chi connectivity index (χ0) is 11.7. The second-order valence-electron chi connectivity index (χ2n) is 6.21. The van der Waals surface area contributed by atoms with Crippen LogP contribution >= 0.6 is 0 Å². The molecule has 1 saturated heterocycles. The highest BCUT2D eigenvalue weighted by Crippen LogP contribution is 2.23. The van der Waals surface area contributed by atoms with Gasteiger partial charge >= 0.3 is 0 Å². The number of hydrogen-bond donors (Lipinski definition) is 1. The lowest BCUT2D eigenvalue weighted by Crippen LogP contribution is -2.65. The summed E-state index contributed by atoms with van der Waals surface area (Å²) in [4.78, 5) is 2.57. The number of hydrogen-bond acceptors (Lipinski definition) is 2. The van der Waals surface area contributed by atoms with E-state index in [0.717, 1.165) is 19.6 Å². The van der Waals surface area contributed by atoms with Crippen molar-refractivity contribution in [1.82, 2.24) is 10.2 Å². The van der Waals surface area contributed by atoms with E-state index in [-0.39, 0.29) is 11.1 Å². The van der Waals surface area contributed by atoms with E-state index >= 15 is 0 Å². The summed E-state index contributed by atoms with van der Waals surface area (Å²) in [5.41, 5.74) is 1.91. The summed E-state index contributed by atoms with van der Waals surface area (Å²) < 4.78 is 0. The van der Waals surface area contributed by atoms with Gasteiger partial charge < -0.3 is 5.32 Å². The Hall–Kier alpha value is -0.340. The Morgan fingerprint density at radius 3 is 2.40 bits per heavy atom. The lowest BCUT2D eigenvalue weighted by molar-refractivity contribution is 0.0500. The molecule has 1 heterocycles. The molecule has 0 spiro atoms. The van der Waals surface area contributed by atoms with Crippen molar-refractivity contribution in [1.29, 1.82) is 0 Å². The van der Waals surface area contributed by atoms with Crippen LogP contribution in [0.4, 0.5) is 0 Å². The molecular weight excluding hydrogens is 184 g/mol. The van der Waals surface area contributed by atoms with Gasteiger partial charge in [0.2, 0.25) is 0 Å². The SMILES string of the molecule is CC(C)=CCN1CC(C)(C)NCC1(C)C. The largest absolute Gasteiger partial charge is 0.309 e. The van der Waals surface area contributed by atoms with Crippen molar-refractivity contribution in [2.45, 2.75) is 52.6 Å². The van der Waals surface area contributed by atoms with Crippen molar-refractivity contribution < 1.29 is 0 Å². The van der Waals surface area contributed by atoms with Crippen molar-refractivity contribution in [2.75, 3.05) is 19.6 Å². The molecule has 1 aliphatic heterocycles. The minimum absolute atomic E-state index is 0.241. The molecule has 1 aliphatic rings. The quantitative estimate of drug-likeness (QED) is 0.704. The highest BCUT2D eigenvalue weighted by Gasteiger charge is 2.36. The van der Waals surface area contributed by atoms with Crippen LogP contribution in [-0.2, 0) is 0 Å². The first-order valence-electron chi connectivity index (χ1n) is 5.86. The molecule has 0 saturated carbocycles. The van der Waals surface area contributed by atoms with Gasteiger partial charge in [-0.2, -0.15) is 0 Å². The zero-order valence-electron chi connectivity index (χ0n) is 11.1. The van der Waals surface area contributed by atoms with Gasteiger partial charge in [0.25, 0.3) is 0 Å². The van der Waals surface area contributed by atoms with Crippen molar-refractivity contribution in [3.8, 4) is 0 Å². The second-order valence-corrected chi connectivity index (χ2v) is 6.21. The van der Waals surface area contributed by atoms with Crippen LogP contribution in [0.25, 0.3) is 0 Å². The van der Waals surface area contributed by atoms with E-state index in [9.17, 15) is 0 Å². The molecule has 2 heteroatoms. The molecule has 1 N–H and O–H groups in total. The van der Waals surface area contributed by atoms with Gasteiger partial charge in [0.05, 0.1) is 0 Å². The molecule has 1 rings (SSSR count). The van der Waals surface area contributed by atoms with Gasteiger partial charge in [0, 0.05) is 30.7 Å². The third-order valence-electron chi connectivity index (χ3n) is 3.16. The zero-order valence-corrected chi connectivity index (χ0v) is 11.1. The van der Waals surface area contributed by atoms with E-state index in [1.54, 1.807) is 0 Å². The van der Waals surface area contributed by atoms with Crippen molar-refractivity contribution in [3.05, 3.63) is 11.6 Å². The molecule has 2 nitrogen and oxygen atoms in total. The van der Waals surface area contributed by atoms with Gasteiger partial charge in [-0.05, 0) is 41.5 Å². The van der Waals surface area contributed by atoms with E-state index < -0.39 is 0 Å². The fourth-order valence-corrected chi connectivity index (χ4v) is 1.92. The molecule has 0 aromatic rings. The van der Waals surface area contributed by atoms with E-state index in [2.05, 4.69) is 57.8 Å². The maximum absolute atomic E-state index is 3.60. The third-order valence-corrected chi connectivity index (χ3v) is 3.16. The Kier molecular flexibility index (Phi) is 3.62. The van der Waals surface area contributed by atoms with Crippen molar-refractivity contribution >= 4 is 0 Å². The van der Waals surface area contributed by atoms with Crippen LogP contribution in [0.2, 0.25) is 0 Å². The van der Waals surface area contributed by atoms with Gasteiger partial charge in [0.15, 0.2) is 0 Å². The van der Waals surface area contributed by atoms with Crippen LogP contribution in [0.3, 0.4) is 0 Å². The number of piperazine rings is 1. The summed E-state index contributed by atoms with van der Waals surface area (Å²) >= 11 is 0. The molecule has 0 unspecified atom stereocenters. The number of rotatable bonds is 2. The first kappa shape index (κ1) is 12.7. The van der Waals surface area contributed by atoms with Crippen LogP contribution in [0, 0.1) is 0 Å². The average Bonchev–Trinajstić information content (AvgIpc) is 2.07. The molecule has 0 aliphatic carbocycles. The smallest absolute Gasteiger partial charge is 0.0281 e.